The number of para-hydroxylation sites is 2. The van der Waals surface area contributed by atoms with Crippen LogP contribution < -0.4 is 5.73 Å². The zero-order chi connectivity index (χ0) is 23.8. The van der Waals surface area contributed by atoms with Crippen LogP contribution in [0.1, 0.15) is 42.0 Å². The number of fused-ring (bicyclic) bond motifs is 2. The molecule has 1 fully saturated rings. The summed E-state index contributed by atoms with van der Waals surface area (Å²) in [7, 11) is 0. The summed E-state index contributed by atoms with van der Waals surface area (Å²) in [6.45, 7) is 3.59. The molecular formula is C25H28N6O3. The lowest BCUT2D eigenvalue weighted by molar-refractivity contribution is -0.130. The van der Waals surface area contributed by atoms with Gasteiger partial charge in [-0.3, -0.25) is 9.59 Å². The Hall–Kier alpha value is -3.72. The lowest BCUT2D eigenvalue weighted by Crippen LogP contribution is -2.29. The molecule has 0 radical (unpaired) electrons. The summed E-state index contributed by atoms with van der Waals surface area (Å²) < 4.78 is 4.03. The fourth-order valence-corrected chi connectivity index (χ4v) is 5.01. The molecule has 9 nitrogen and oxygen atoms in total. The number of hydrogen-bond acceptors (Lipinski definition) is 5. The van der Waals surface area contributed by atoms with E-state index in [9.17, 15) is 14.7 Å². The number of aryl methyl sites for hydroxylation is 2. The number of amides is 2. The van der Waals surface area contributed by atoms with Crippen molar-refractivity contribution < 1.29 is 14.7 Å². The van der Waals surface area contributed by atoms with Gasteiger partial charge in [-0.05, 0) is 37.6 Å². The summed E-state index contributed by atoms with van der Waals surface area (Å²) in [5, 5.41) is 11.4. The second-order valence-electron chi connectivity index (χ2n) is 8.73. The Morgan fingerprint density at radius 3 is 2.79 bits per heavy atom. The van der Waals surface area contributed by atoms with Crippen molar-refractivity contribution in [3.8, 4) is 0 Å². The molecule has 3 aromatic heterocycles. The van der Waals surface area contributed by atoms with Crippen molar-refractivity contribution in [3.63, 3.8) is 0 Å². The number of benzene rings is 1. The second kappa shape index (κ2) is 8.90. The molecule has 4 aromatic rings. The number of nitrogens with two attached hydrogens (primary N) is 1. The first kappa shape index (κ1) is 22.1. The normalized spacial score (nSPS) is 18.2. The zero-order valence-electron chi connectivity index (χ0n) is 19.1. The van der Waals surface area contributed by atoms with Crippen LogP contribution >= 0.6 is 0 Å². The molecule has 2 amide bonds. The molecule has 1 saturated heterocycles. The summed E-state index contributed by atoms with van der Waals surface area (Å²) in [5.74, 6) is 0.486. The van der Waals surface area contributed by atoms with E-state index in [1.54, 1.807) is 23.2 Å². The molecule has 3 N–H and O–H groups in total. The van der Waals surface area contributed by atoms with Crippen molar-refractivity contribution in [2.24, 2.45) is 5.73 Å². The molecule has 0 spiro atoms. The van der Waals surface area contributed by atoms with Crippen LogP contribution in [-0.2, 0) is 17.8 Å². The van der Waals surface area contributed by atoms with Gasteiger partial charge in [-0.25, -0.2) is 9.97 Å². The summed E-state index contributed by atoms with van der Waals surface area (Å²) in [4.78, 5) is 35.5. The third-order valence-electron chi connectivity index (χ3n) is 6.69. The van der Waals surface area contributed by atoms with Gasteiger partial charge in [-0.1, -0.05) is 12.1 Å². The Morgan fingerprint density at radius 1 is 1.18 bits per heavy atom. The highest BCUT2D eigenvalue weighted by Crippen LogP contribution is 2.28. The van der Waals surface area contributed by atoms with Gasteiger partial charge in [-0.15, -0.1) is 0 Å². The van der Waals surface area contributed by atoms with E-state index in [1.165, 1.54) is 6.20 Å². The van der Waals surface area contributed by atoms with E-state index in [0.717, 1.165) is 29.8 Å². The molecule has 0 unspecified atom stereocenters. The van der Waals surface area contributed by atoms with Crippen LogP contribution in [0, 0.1) is 0 Å². The maximum Gasteiger partial charge on any atom is 0.249 e. The quantitative estimate of drug-likeness (QED) is 0.438. The molecule has 5 rings (SSSR count). The molecule has 9 heteroatoms. The van der Waals surface area contributed by atoms with Crippen LogP contribution in [0.25, 0.3) is 22.1 Å². The van der Waals surface area contributed by atoms with Crippen molar-refractivity contribution in [1.82, 2.24) is 24.0 Å². The molecular weight excluding hydrogens is 432 g/mol. The van der Waals surface area contributed by atoms with Crippen molar-refractivity contribution >= 4 is 33.9 Å². The summed E-state index contributed by atoms with van der Waals surface area (Å²) >= 11 is 0. The van der Waals surface area contributed by atoms with E-state index in [1.807, 2.05) is 22.8 Å². The van der Waals surface area contributed by atoms with E-state index >= 15 is 0 Å². The van der Waals surface area contributed by atoms with Crippen molar-refractivity contribution in [2.45, 2.75) is 44.9 Å². The highest BCUT2D eigenvalue weighted by Gasteiger charge is 2.35. The average Bonchev–Trinajstić information content (AvgIpc) is 3.52. The number of likely N-dealkylation sites (tertiary alicyclic amines) is 1. The lowest BCUT2D eigenvalue weighted by Gasteiger charge is -2.18. The third kappa shape index (κ3) is 3.81. The Bertz CT molecular complexity index is 1370. The van der Waals surface area contributed by atoms with Crippen molar-refractivity contribution in [1.29, 1.82) is 0 Å². The van der Waals surface area contributed by atoms with Gasteiger partial charge in [0.2, 0.25) is 11.8 Å². The van der Waals surface area contributed by atoms with Crippen molar-refractivity contribution in [2.75, 3.05) is 13.1 Å². The van der Waals surface area contributed by atoms with Gasteiger partial charge >= 0.3 is 0 Å². The molecule has 0 bridgehead atoms. The number of pyridine rings is 1. The van der Waals surface area contributed by atoms with Gasteiger partial charge in [0.25, 0.3) is 0 Å². The van der Waals surface area contributed by atoms with Crippen molar-refractivity contribution in [3.05, 3.63) is 60.2 Å². The lowest BCUT2D eigenvalue weighted by atomic mass is 10.2. The number of imidazole rings is 1. The molecule has 2 atom stereocenters. The number of primary amides is 1. The molecule has 0 saturated carbocycles. The number of rotatable bonds is 7. The molecule has 176 valence electrons. The highest BCUT2D eigenvalue weighted by atomic mass is 16.3. The summed E-state index contributed by atoms with van der Waals surface area (Å²) in [6, 6.07) is 11.1. The maximum absolute atomic E-state index is 12.9. The SMILES string of the molecule is CCn1c(CCCC(=O)N2C[C@@H](O)[C@H](n3ccc4c(C(N)=O)ccnc43)C2)nc2ccccc21. The van der Waals surface area contributed by atoms with Crippen LogP contribution in [0.5, 0.6) is 0 Å². The smallest absolute Gasteiger partial charge is 0.249 e. The topological polar surface area (TPSA) is 119 Å². The molecule has 1 aliphatic rings. The van der Waals surface area contributed by atoms with E-state index in [4.69, 9.17) is 10.7 Å². The number of β-amino-alcohol motifs (C(OH)–C–C–N with tert-alkyl or cyclic N) is 1. The third-order valence-corrected chi connectivity index (χ3v) is 6.69. The van der Waals surface area contributed by atoms with Gasteiger partial charge in [0, 0.05) is 50.3 Å². The van der Waals surface area contributed by atoms with E-state index < -0.39 is 12.0 Å². The van der Waals surface area contributed by atoms with Crippen LogP contribution in [0.15, 0.2) is 48.8 Å². The van der Waals surface area contributed by atoms with E-state index in [0.29, 0.717) is 36.0 Å². The summed E-state index contributed by atoms with van der Waals surface area (Å²) in [6.07, 6.45) is 4.41. The second-order valence-corrected chi connectivity index (χ2v) is 8.73. The van der Waals surface area contributed by atoms with Gasteiger partial charge in [0.05, 0.1) is 28.7 Å². The Labute approximate surface area is 196 Å². The number of carbonyl (C=O) groups excluding carboxylic acids is 2. The van der Waals surface area contributed by atoms with Crippen LogP contribution in [-0.4, -0.2) is 60.1 Å². The van der Waals surface area contributed by atoms with Crippen LogP contribution in [0.2, 0.25) is 0 Å². The number of aliphatic hydroxyl groups excluding tert-OH is 1. The van der Waals surface area contributed by atoms with Crippen LogP contribution in [0.4, 0.5) is 0 Å². The summed E-state index contributed by atoms with van der Waals surface area (Å²) in [5.41, 5.74) is 8.53. The minimum atomic E-state index is -0.720. The van der Waals surface area contributed by atoms with E-state index in [2.05, 4.69) is 22.5 Å². The Kier molecular flexibility index (Phi) is 5.79. The standard InChI is InChI=1S/C25H28N6O3/c1-2-30-19-7-4-3-6-18(19)28-22(30)8-5-9-23(33)29-14-20(21(32)15-29)31-13-11-17-16(24(26)34)10-12-27-25(17)31/h3-4,6-7,10-13,20-21,32H,2,5,8-9,14-15H2,1H3,(H2,26,34)/t20-,21-/m1/s1. The molecule has 4 heterocycles. The maximum atomic E-state index is 12.9. The minimum absolute atomic E-state index is 0.0166. The van der Waals surface area contributed by atoms with Crippen LogP contribution in [0.3, 0.4) is 0 Å². The zero-order valence-corrected chi connectivity index (χ0v) is 19.1. The predicted molar refractivity (Wildman–Crippen MR) is 128 cm³/mol. The number of aliphatic hydroxyl groups is 1. The van der Waals surface area contributed by atoms with E-state index in [-0.39, 0.29) is 18.5 Å². The largest absolute Gasteiger partial charge is 0.389 e. The monoisotopic (exact) mass is 460 g/mol. The first-order valence-corrected chi connectivity index (χ1v) is 11.6. The predicted octanol–water partition coefficient (Wildman–Crippen LogP) is 2.27. The highest BCUT2D eigenvalue weighted by molar-refractivity contribution is 6.04. The van der Waals surface area contributed by atoms with Gasteiger partial charge in [0.15, 0.2) is 0 Å². The Morgan fingerprint density at radius 2 is 2.00 bits per heavy atom. The average molecular weight is 461 g/mol. The van der Waals surface area contributed by atoms with Gasteiger partial charge < -0.3 is 24.9 Å². The molecule has 0 aliphatic carbocycles. The van der Waals surface area contributed by atoms with Gasteiger partial charge in [0.1, 0.15) is 11.5 Å². The molecule has 1 aliphatic heterocycles. The number of aromatic nitrogens is 4. The number of hydrogen-bond donors (Lipinski definition) is 2. The number of nitrogens with zero attached hydrogens (tertiary/aromatic N) is 5. The first-order valence-electron chi connectivity index (χ1n) is 11.6. The number of carbonyl (C=O) groups is 2. The fourth-order valence-electron chi connectivity index (χ4n) is 5.01. The molecule has 34 heavy (non-hydrogen) atoms. The fraction of sp³-hybridized carbons (Fsp3) is 0.360. The van der Waals surface area contributed by atoms with Gasteiger partial charge in [-0.2, -0.15) is 0 Å². The minimum Gasteiger partial charge on any atom is -0.389 e. The Balaban J connectivity index is 1.25. The first-order chi connectivity index (χ1) is 16.5. The molecule has 1 aromatic carbocycles.